The summed E-state index contributed by atoms with van der Waals surface area (Å²) in [5.41, 5.74) is 4.69. The second-order valence-corrected chi connectivity index (χ2v) is 8.75. The molecule has 4 aromatic carbocycles. The molecule has 0 spiro atoms. The van der Waals surface area contributed by atoms with Crippen LogP contribution < -0.4 is 5.32 Å². The van der Waals surface area contributed by atoms with Gasteiger partial charge in [-0.1, -0.05) is 97.6 Å². The van der Waals surface area contributed by atoms with Crippen molar-refractivity contribution in [3.05, 3.63) is 126 Å². The highest BCUT2D eigenvalue weighted by Crippen LogP contribution is 2.28. The first-order valence-electron chi connectivity index (χ1n) is 12.0. The van der Waals surface area contributed by atoms with Crippen molar-refractivity contribution in [1.82, 2.24) is 5.32 Å². The van der Waals surface area contributed by atoms with E-state index in [4.69, 9.17) is 9.98 Å². The highest BCUT2D eigenvalue weighted by Gasteiger charge is 2.20. The van der Waals surface area contributed by atoms with Crippen molar-refractivity contribution in [2.24, 2.45) is 9.98 Å². The van der Waals surface area contributed by atoms with Crippen LogP contribution in [0.1, 0.15) is 41.8 Å². The van der Waals surface area contributed by atoms with Crippen LogP contribution in [0.4, 0.5) is 0 Å². The summed E-state index contributed by atoms with van der Waals surface area (Å²) in [6.07, 6.45) is 10.5. The smallest absolute Gasteiger partial charge is 0.159 e. The number of rotatable bonds is 6. The van der Waals surface area contributed by atoms with Crippen LogP contribution in [0, 0.1) is 6.92 Å². The van der Waals surface area contributed by atoms with E-state index in [0.29, 0.717) is 6.42 Å². The van der Waals surface area contributed by atoms with E-state index in [-0.39, 0.29) is 6.17 Å². The quantitative estimate of drug-likeness (QED) is 0.295. The molecule has 1 N–H and O–H groups in total. The van der Waals surface area contributed by atoms with E-state index in [0.717, 1.165) is 22.8 Å². The number of aliphatic imine (C=N–C) groups is 2. The van der Waals surface area contributed by atoms with E-state index in [1.165, 1.54) is 32.7 Å². The summed E-state index contributed by atoms with van der Waals surface area (Å²) in [6.45, 7) is 8.01. The number of benzene rings is 4. The standard InChI is InChI=1S/C32H29N3/c1-4-6-7-13-30-33-31(27-17-15-24-11-8-9-12-25(24)20-27)35-32(34-30)28-18-19-29-22(3)23(10-5-2)14-16-26(29)21-28/h4-12,14-21,32H,1,13H2,2-3H3,(H,33,34,35)/b7-6+,10-5-. The van der Waals surface area contributed by atoms with Gasteiger partial charge in [0.15, 0.2) is 5.84 Å². The Bertz CT molecular complexity index is 1540. The van der Waals surface area contributed by atoms with Crippen molar-refractivity contribution in [3.63, 3.8) is 0 Å². The molecule has 5 rings (SSSR count). The van der Waals surface area contributed by atoms with Crippen molar-refractivity contribution in [2.75, 3.05) is 0 Å². The first-order valence-corrected chi connectivity index (χ1v) is 12.0. The van der Waals surface area contributed by atoms with Crippen molar-refractivity contribution in [3.8, 4) is 0 Å². The summed E-state index contributed by atoms with van der Waals surface area (Å²) < 4.78 is 0. The maximum atomic E-state index is 5.05. The number of nitrogens with one attached hydrogen (secondary N) is 1. The molecule has 0 bridgehead atoms. The summed E-state index contributed by atoms with van der Waals surface area (Å²) in [4.78, 5) is 9.92. The first-order chi connectivity index (χ1) is 17.2. The molecule has 0 fully saturated rings. The van der Waals surface area contributed by atoms with Crippen LogP contribution in [0.25, 0.3) is 27.6 Å². The topological polar surface area (TPSA) is 36.8 Å². The Balaban J connectivity index is 1.56. The molecule has 1 heterocycles. The lowest BCUT2D eigenvalue weighted by Gasteiger charge is -2.23. The molecule has 0 radical (unpaired) electrons. The van der Waals surface area contributed by atoms with E-state index in [9.17, 15) is 0 Å². The number of amidine groups is 2. The van der Waals surface area contributed by atoms with Crippen molar-refractivity contribution in [1.29, 1.82) is 0 Å². The molecule has 0 aliphatic carbocycles. The van der Waals surface area contributed by atoms with E-state index >= 15 is 0 Å². The Labute approximate surface area is 206 Å². The first kappa shape index (κ1) is 22.5. The lowest BCUT2D eigenvalue weighted by Crippen LogP contribution is -2.32. The number of hydrogen-bond donors (Lipinski definition) is 1. The Hall–Kier alpha value is -4.24. The Morgan fingerprint density at radius 2 is 1.77 bits per heavy atom. The van der Waals surface area contributed by atoms with Gasteiger partial charge in [0.25, 0.3) is 0 Å². The third-order valence-corrected chi connectivity index (χ3v) is 6.40. The lowest BCUT2D eigenvalue weighted by atomic mass is 9.97. The molecule has 0 aromatic heterocycles. The van der Waals surface area contributed by atoms with E-state index in [1.807, 2.05) is 6.08 Å². The van der Waals surface area contributed by atoms with E-state index in [1.54, 1.807) is 6.08 Å². The SMILES string of the molecule is C=C/C=C/CC1=NC(c2ccc3ccccc3c2)=NC(c2ccc3c(C)c(/C=C\C)ccc3c2)N1. The summed E-state index contributed by atoms with van der Waals surface area (Å²) in [6, 6.07) is 25.8. The van der Waals surface area contributed by atoms with Gasteiger partial charge < -0.3 is 5.32 Å². The second kappa shape index (κ2) is 9.94. The third-order valence-electron chi connectivity index (χ3n) is 6.40. The normalized spacial score (nSPS) is 16.0. The molecule has 1 atom stereocenters. The van der Waals surface area contributed by atoms with Crippen molar-refractivity contribution >= 4 is 39.3 Å². The fraction of sp³-hybridized carbons (Fsp3) is 0.125. The molecule has 1 unspecified atom stereocenters. The zero-order valence-electron chi connectivity index (χ0n) is 20.2. The molecule has 3 heteroatoms. The minimum absolute atomic E-state index is 0.207. The zero-order chi connectivity index (χ0) is 24.2. The molecule has 1 aliphatic rings. The van der Waals surface area contributed by atoms with Crippen LogP contribution in [0.5, 0.6) is 0 Å². The van der Waals surface area contributed by atoms with Gasteiger partial charge in [-0.3, -0.25) is 0 Å². The molecule has 1 aliphatic heterocycles. The van der Waals surface area contributed by atoms with Gasteiger partial charge in [0.1, 0.15) is 12.0 Å². The predicted molar refractivity (Wildman–Crippen MR) is 151 cm³/mol. The number of nitrogens with zero attached hydrogens (tertiary/aromatic N) is 2. The minimum Gasteiger partial charge on any atom is -0.348 e. The van der Waals surface area contributed by atoms with Gasteiger partial charge in [0.05, 0.1) is 0 Å². The summed E-state index contributed by atoms with van der Waals surface area (Å²) in [5, 5.41) is 8.42. The molecule has 0 saturated carbocycles. The minimum atomic E-state index is -0.207. The summed E-state index contributed by atoms with van der Waals surface area (Å²) in [7, 11) is 0. The lowest BCUT2D eigenvalue weighted by molar-refractivity contribution is 0.668. The second-order valence-electron chi connectivity index (χ2n) is 8.75. The zero-order valence-corrected chi connectivity index (χ0v) is 20.2. The van der Waals surface area contributed by atoms with Gasteiger partial charge >= 0.3 is 0 Å². The number of fused-ring (bicyclic) bond motifs is 2. The Morgan fingerprint density at radius 3 is 2.60 bits per heavy atom. The van der Waals surface area contributed by atoms with Crippen molar-refractivity contribution in [2.45, 2.75) is 26.4 Å². The Morgan fingerprint density at radius 1 is 0.943 bits per heavy atom. The van der Waals surface area contributed by atoms with Gasteiger partial charge in [-0.05, 0) is 64.2 Å². The average molecular weight is 456 g/mol. The molecule has 3 nitrogen and oxygen atoms in total. The highest BCUT2D eigenvalue weighted by atomic mass is 15.2. The molecular formula is C32H29N3. The molecule has 0 amide bonds. The van der Waals surface area contributed by atoms with Crippen LogP contribution in [0.15, 0.2) is 114 Å². The molecule has 4 aromatic rings. The van der Waals surface area contributed by atoms with Gasteiger partial charge in [-0.2, -0.15) is 0 Å². The number of allylic oxidation sites excluding steroid dienone is 3. The van der Waals surface area contributed by atoms with E-state index < -0.39 is 0 Å². The number of hydrogen-bond acceptors (Lipinski definition) is 3. The fourth-order valence-electron chi connectivity index (χ4n) is 4.56. The van der Waals surface area contributed by atoms with Crippen LogP contribution >= 0.6 is 0 Å². The van der Waals surface area contributed by atoms with Crippen LogP contribution in [-0.4, -0.2) is 11.7 Å². The monoisotopic (exact) mass is 455 g/mol. The number of aryl methyl sites for hydroxylation is 1. The fourth-order valence-corrected chi connectivity index (χ4v) is 4.56. The van der Waals surface area contributed by atoms with Gasteiger partial charge in [0.2, 0.25) is 0 Å². The average Bonchev–Trinajstić information content (AvgIpc) is 2.90. The van der Waals surface area contributed by atoms with Gasteiger partial charge in [0, 0.05) is 12.0 Å². The van der Waals surface area contributed by atoms with Gasteiger partial charge in [-0.15, -0.1) is 0 Å². The van der Waals surface area contributed by atoms with Crippen LogP contribution in [0.3, 0.4) is 0 Å². The highest BCUT2D eigenvalue weighted by molar-refractivity contribution is 6.09. The maximum Gasteiger partial charge on any atom is 0.159 e. The van der Waals surface area contributed by atoms with Crippen LogP contribution in [0.2, 0.25) is 0 Å². The Kier molecular flexibility index (Phi) is 6.40. The van der Waals surface area contributed by atoms with Crippen LogP contribution in [-0.2, 0) is 0 Å². The van der Waals surface area contributed by atoms with Gasteiger partial charge in [-0.25, -0.2) is 9.98 Å². The summed E-state index contributed by atoms with van der Waals surface area (Å²) >= 11 is 0. The van der Waals surface area contributed by atoms with E-state index in [2.05, 4.69) is 117 Å². The largest absolute Gasteiger partial charge is 0.348 e. The van der Waals surface area contributed by atoms with Crippen molar-refractivity contribution < 1.29 is 0 Å². The molecule has 35 heavy (non-hydrogen) atoms. The molecule has 172 valence electrons. The summed E-state index contributed by atoms with van der Waals surface area (Å²) in [5.74, 6) is 1.65. The third kappa shape index (κ3) is 4.71. The maximum absolute atomic E-state index is 5.05. The molecular weight excluding hydrogens is 426 g/mol. The predicted octanol–water partition coefficient (Wildman–Crippen LogP) is 7.91. The molecule has 0 saturated heterocycles.